The first kappa shape index (κ1) is 21.7. The van der Waals surface area contributed by atoms with Crippen LogP contribution in [0.2, 0.25) is 0 Å². The van der Waals surface area contributed by atoms with Crippen molar-refractivity contribution in [2.75, 3.05) is 44.1 Å². The van der Waals surface area contributed by atoms with Crippen LogP contribution in [0, 0.1) is 0 Å². The monoisotopic (exact) mass is 434 g/mol. The van der Waals surface area contributed by atoms with Gasteiger partial charge in [-0.2, -0.15) is 0 Å². The highest BCUT2D eigenvalue weighted by molar-refractivity contribution is 8.04. The van der Waals surface area contributed by atoms with E-state index >= 15 is 0 Å². The summed E-state index contributed by atoms with van der Waals surface area (Å²) in [5.74, 6) is -0.406. The van der Waals surface area contributed by atoms with Crippen LogP contribution in [0.5, 0.6) is 5.75 Å². The predicted octanol–water partition coefficient (Wildman–Crippen LogP) is 1.33. The van der Waals surface area contributed by atoms with E-state index in [4.69, 9.17) is 9.47 Å². The third-order valence-corrected chi connectivity index (χ3v) is 5.52. The van der Waals surface area contributed by atoms with E-state index in [0.29, 0.717) is 29.4 Å². The third-order valence-electron chi connectivity index (χ3n) is 4.49. The SMILES string of the molecule is COC(=O)/C=C1\SCC(=O)N1CCCOC(=O)CCN1C(=O)COc2ccccc21. The van der Waals surface area contributed by atoms with Crippen molar-refractivity contribution in [2.45, 2.75) is 12.8 Å². The molecule has 2 aliphatic heterocycles. The number of hydrogen-bond acceptors (Lipinski definition) is 8. The molecule has 0 unspecified atom stereocenters. The second-order valence-electron chi connectivity index (χ2n) is 6.47. The number of thioether (sulfide) groups is 1. The van der Waals surface area contributed by atoms with Gasteiger partial charge in [0.2, 0.25) is 5.91 Å². The van der Waals surface area contributed by atoms with Gasteiger partial charge >= 0.3 is 11.9 Å². The smallest absolute Gasteiger partial charge is 0.333 e. The number of carbonyl (C=O) groups excluding carboxylic acids is 4. The summed E-state index contributed by atoms with van der Waals surface area (Å²) in [7, 11) is 1.27. The largest absolute Gasteiger partial charge is 0.482 e. The number of amides is 2. The zero-order valence-electron chi connectivity index (χ0n) is 16.5. The van der Waals surface area contributed by atoms with Crippen molar-refractivity contribution in [1.29, 1.82) is 0 Å². The van der Waals surface area contributed by atoms with Crippen molar-refractivity contribution in [3.8, 4) is 5.75 Å². The number of carbonyl (C=O) groups is 4. The van der Waals surface area contributed by atoms with Crippen LogP contribution in [-0.4, -0.2) is 67.8 Å². The van der Waals surface area contributed by atoms with Crippen molar-refractivity contribution in [3.63, 3.8) is 0 Å². The molecule has 0 aliphatic carbocycles. The molecule has 1 fully saturated rings. The first-order valence-electron chi connectivity index (χ1n) is 9.40. The van der Waals surface area contributed by atoms with Crippen molar-refractivity contribution in [3.05, 3.63) is 35.4 Å². The Kier molecular flexibility index (Phi) is 7.34. The second kappa shape index (κ2) is 10.1. The molecule has 1 saturated heterocycles. The molecule has 3 rings (SSSR count). The van der Waals surface area contributed by atoms with Gasteiger partial charge in [-0.3, -0.25) is 14.4 Å². The molecule has 9 nitrogen and oxygen atoms in total. The maximum atomic E-state index is 12.1. The van der Waals surface area contributed by atoms with E-state index in [-0.39, 0.29) is 43.7 Å². The average molecular weight is 434 g/mol. The van der Waals surface area contributed by atoms with Crippen molar-refractivity contribution in [1.82, 2.24) is 4.90 Å². The summed E-state index contributed by atoms with van der Waals surface area (Å²) in [5, 5.41) is 0.530. The maximum Gasteiger partial charge on any atom is 0.333 e. The molecule has 2 aliphatic rings. The minimum absolute atomic E-state index is 0.0477. The van der Waals surface area contributed by atoms with Gasteiger partial charge in [0.1, 0.15) is 5.75 Å². The van der Waals surface area contributed by atoms with Crippen LogP contribution in [-0.2, 0) is 28.7 Å². The van der Waals surface area contributed by atoms with Gasteiger partial charge in [-0.15, -0.1) is 0 Å². The molecule has 160 valence electrons. The zero-order chi connectivity index (χ0) is 21.5. The van der Waals surface area contributed by atoms with Gasteiger partial charge in [-0.25, -0.2) is 4.79 Å². The lowest BCUT2D eigenvalue weighted by atomic mass is 10.2. The molecule has 0 spiro atoms. The lowest BCUT2D eigenvalue weighted by Gasteiger charge is -2.29. The maximum absolute atomic E-state index is 12.1. The fourth-order valence-corrected chi connectivity index (χ4v) is 3.97. The fraction of sp³-hybridized carbons (Fsp3) is 0.400. The van der Waals surface area contributed by atoms with Crippen molar-refractivity contribution >= 4 is 41.2 Å². The highest BCUT2D eigenvalue weighted by atomic mass is 32.2. The van der Waals surface area contributed by atoms with Crippen LogP contribution < -0.4 is 9.64 Å². The number of benzene rings is 1. The minimum Gasteiger partial charge on any atom is -0.482 e. The van der Waals surface area contributed by atoms with E-state index in [1.165, 1.54) is 34.7 Å². The molecule has 10 heteroatoms. The van der Waals surface area contributed by atoms with Crippen LogP contribution in [0.15, 0.2) is 35.4 Å². The van der Waals surface area contributed by atoms with E-state index in [9.17, 15) is 19.2 Å². The van der Waals surface area contributed by atoms with E-state index in [0.717, 1.165) is 0 Å². The van der Waals surface area contributed by atoms with E-state index < -0.39 is 11.9 Å². The van der Waals surface area contributed by atoms with Crippen LogP contribution in [0.4, 0.5) is 5.69 Å². The molecule has 30 heavy (non-hydrogen) atoms. The van der Waals surface area contributed by atoms with E-state index in [1.54, 1.807) is 18.2 Å². The molecule has 2 heterocycles. The van der Waals surface area contributed by atoms with Gasteiger partial charge in [-0.1, -0.05) is 23.9 Å². The lowest BCUT2D eigenvalue weighted by Crippen LogP contribution is -2.40. The lowest BCUT2D eigenvalue weighted by molar-refractivity contribution is -0.143. The Morgan fingerprint density at radius 2 is 1.97 bits per heavy atom. The summed E-state index contributed by atoms with van der Waals surface area (Å²) in [6, 6.07) is 7.15. The number of rotatable bonds is 8. The standard InChI is InChI=1S/C20H22N2O7S/c1-27-20(26)11-18-22(17(24)13-30-18)8-4-10-28-19(25)7-9-21-14-5-2-3-6-15(14)29-12-16(21)23/h2-3,5-6,11H,4,7-10,12-13H2,1H3/b18-11-. The average Bonchev–Trinajstić information content (AvgIpc) is 3.09. The number of ether oxygens (including phenoxy) is 3. The molecule has 1 aromatic rings. The van der Waals surface area contributed by atoms with Crippen LogP contribution in [0.3, 0.4) is 0 Å². The van der Waals surface area contributed by atoms with Crippen LogP contribution in [0.1, 0.15) is 12.8 Å². The molecular weight excluding hydrogens is 412 g/mol. The number of esters is 2. The van der Waals surface area contributed by atoms with Crippen molar-refractivity contribution in [2.24, 2.45) is 0 Å². The second-order valence-corrected chi connectivity index (χ2v) is 7.46. The molecule has 0 aromatic heterocycles. The topological polar surface area (TPSA) is 102 Å². The molecule has 0 atom stereocenters. The molecular formula is C20H22N2O7S. The van der Waals surface area contributed by atoms with Gasteiger partial charge in [0, 0.05) is 13.1 Å². The van der Waals surface area contributed by atoms with Gasteiger partial charge in [0.05, 0.1) is 42.7 Å². The number of fused-ring (bicyclic) bond motifs is 1. The molecule has 0 N–H and O–H groups in total. The first-order chi connectivity index (χ1) is 14.5. The number of para-hydroxylation sites is 2. The molecule has 2 amide bonds. The van der Waals surface area contributed by atoms with Crippen molar-refractivity contribution < 1.29 is 33.4 Å². The van der Waals surface area contributed by atoms with Gasteiger partial charge in [0.15, 0.2) is 6.61 Å². The Bertz CT molecular complexity index is 870. The highest BCUT2D eigenvalue weighted by Crippen LogP contribution is 2.31. The predicted molar refractivity (Wildman–Crippen MR) is 109 cm³/mol. The Balaban J connectivity index is 1.42. The van der Waals surface area contributed by atoms with E-state index in [1.807, 2.05) is 6.07 Å². The highest BCUT2D eigenvalue weighted by Gasteiger charge is 2.27. The summed E-state index contributed by atoms with van der Waals surface area (Å²) in [6.07, 6.45) is 1.75. The summed E-state index contributed by atoms with van der Waals surface area (Å²) in [4.78, 5) is 50.5. The summed E-state index contributed by atoms with van der Waals surface area (Å²) < 4.78 is 15.2. The Hall–Kier alpha value is -3.01. The van der Waals surface area contributed by atoms with Crippen LogP contribution >= 0.6 is 11.8 Å². The van der Waals surface area contributed by atoms with Gasteiger partial charge < -0.3 is 24.0 Å². The Morgan fingerprint density at radius 3 is 2.77 bits per heavy atom. The molecule has 0 saturated carbocycles. The van der Waals surface area contributed by atoms with E-state index in [2.05, 4.69) is 4.74 Å². The number of anilines is 1. The minimum atomic E-state index is -0.525. The summed E-state index contributed by atoms with van der Waals surface area (Å²) >= 11 is 1.27. The molecule has 0 bridgehead atoms. The summed E-state index contributed by atoms with van der Waals surface area (Å²) in [5.41, 5.74) is 0.636. The number of methoxy groups -OCH3 is 1. The number of nitrogens with zero attached hydrogens (tertiary/aromatic N) is 2. The zero-order valence-corrected chi connectivity index (χ0v) is 17.3. The summed E-state index contributed by atoms with van der Waals surface area (Å²) in [6.45, 7) is 0.602. The van der Waals surface area contributed by atoms with Crippen LogP contribution in [0.25, 0.3) is 0 Å². The Labute approximate surface area is 177 Å². The van der Waals surface area contributed by atoms with Gasteiger partial charge in [-0.05, 0) is 18.6 Å². The number of hydrogen-bond donors (Lipinski definition) is 0. The Morgan fingerprint density at radius 1 is 1.17 bits per heavy atom. The fourth-order valence-electron chi connectivity index (χ4n) is 3.01. The third kappa shape index (κ3) is 5.32. The first-order valence-corrected chi connectivity index (χ1v) is 10.4. The molecule has 0 radical (unpaired) electrons. The quantitative estimate of drug-likeness (QED) is 0.343. The normalized spacial score (nSPS) is 17.0. The van der Waals surface area contributed by atoms with Gasteiger partial charge in [0.25, 0.3) is 5.91 Å². The molecule has 1 aromatic carbocycles.